The van der Waals surface area contributed by atoms with E-state index in [1.807, 2.05) is 7.05 Å². The summed E-state index contributed by atoms with van der Waals surface area (Å²) in [4.78, 5) is 2.41. The molecule has 0 saturated heterocycles. The summed E-state index contributed by atoms with van der Waals surface area (Å²) in [7, 11) is 3.78. The van der Waals surface area contributed by atoms with Gasteiger partial charge in [0.05, 0.1) is 6.61 Å². The van der Waals surface area contributed by atoms with Crippen molar-refractivity contribution in [3.63, 3.8) is 0 Å². The Morgan fingerprint density at radius 3 is 2.44 bits per heavy atom. The zero-order valence-electron chi connectivity index (χ0n) is 12.1. The Hall–Kier alpha value is -0.900. The maximum atomic E-state index is 5.15. The second-order valence-corrected chi connectivity index (χ2v) is 4.64. The Balaban J connectivity index is 2.62. The maximum absolute atomic E-state index is 5.15. The Labute approximate surface area is 111 Å². The van der Waals surface area contributed by atoms with E-state index in [0.717, 1.165) is 26.2 Å². The second-order valence-electron chi connectivity index (χ2n) is 4.64. The van der Waals surface area contributed by atoms with E-state index in [1.165, 1.54) is 11.1 Å². The van der Waals surface area contributed by atoms with Gasteiger partial charge in [0.2, 0.25) is 0 Å². The monoisotopic (exact) mass is 250 g/mol. The number of hydrogen-bond donors (Lipinski definition) is 1. The molecule has 1 unspecified atom stereocenters. The summed E-state index contributed by atoms with van der Waals surface area (Å²) in [5.41, 5.74) is 2.65. The number of hydrogen-bond acceptors (Lipinski definition) is 3. The van der Waals surface area contributed by atoms with Crippen LogP contribution in [0.5, 0.6) is 0 Å². The number of aryl methyl sites for hydroxylation is 1. The van der Waals surface area contributed by atoms with Crippen LogP contribution in [0.1, 0.15) is 24.1 Å². The van der Waals surface area contributed by atoms with Gasteiger partial charge in [0, 0.05) is 26.2 Å². The Bertz CT molecular complexity index is 324. The van der Waals surface area contributed by atoms with E-state index >= 15 is 0 Å². The van der Waals surface area contributed by atoms with Crippen molar-refractivity contribution in [1.29, 1.82) is 0 Å². The minimum Gasteiger partial charge on any atom is -0.383 e. The number of nitrogens with one attached hydrogen (secondary N) is 1. The first-order valence-corrected chi connectivity index (χ1v) is 6.66. The van der Waals surface area contributed by atoms with Crippen LogP contribution in [0.4, 0.5) is 0 Å². The van der Waals surface area contributed by atoms with Crippen molar-refractivity contribution in [3.8, 4) is 0 Å². The molecule has 3 heteroatoms. The molecule has 1 aromatic carbocycles. The van der Waals surface area contributed by atoms with Gasteiger partial charge in [-0.05, 0) is 26.1 Å². The molecule has 1 N–H and O–H groups in total. The quantitative estimate of drug-likeness (QED) is 0.765. The SMILES string of the molecule is CCN(CCOC)CC(NC)c1ccc(C)cc1. The van der Waals surface area contributed by atoms with Crippen molar-refractivity contribution in [3.05, 3.63) is 35.4 Å². The smallest absolute Gasteiger partial charge is 0.0589 e. The molecular formula is C15H26N2O. The topological polar surface area (TPSA) is 24.5 Å². The second kappa shape index (κ2) is 8.25. The molecule has 0 fully saturated rings. The van der Waals surface area contributed by atoms with Crippen molar-refractivity contribution in [2.75, 3.05) is 40.4 Å². The zero-order valence-corrected chi connectivity index (χ0v) is 12.1. The van der Waals surface area contributed by atoms with Crippen molar-refractivity contribution in [1.82, 2.24) is 10.2 Å². The molecule has 1 rings (SSSR count). The van der Waals surface area contributed by atoms with E-state index in [1.54, 1.807) is 7.11 Å². The predicted octanol–water partition coefficient (Wildman–Crippen LogP) is 2.22. The van der Waals surface area contributed by atoms with Crippen LogP contribution in [0.3, 0.4) is 0 Å². The van der Waals surface area contributed by atoms with Crippen LogP contribution >= 0.6 is 0 Å². The highest BCUT2D eigenvalue weighted by Gasteiger charge is 2.13. The van der Waals surface area contributed by atoms with Crippen LogP contribution in [0.25, 0.3) is 0 Å². The molecule has 1 atom stereocenters. The minimum atomic E-state index is 0.377. The van der Waals surface area contributed by atoms with Crippen LogP contribution in [0, 0.1) is 6.92 Å². The third-order valence-corrected chi connectivity index (χ3v) is 3.33. The minimum absolute atomic E-state index is 0.377. The lowest BCUT2D eigenvalue weighted by molar-refractivity contribution is 0.144. The van der Waals surface area contributed by atoms with Gasteiger partial charge in [0.1, 0.15) is 0 Å². The van der Waals surface area contributed by atoms with E-state index in [4.69, 9.17) is 4.74 Å². The lowest BCUT2D eigenvalue weighted by atomic mass is 10.0. The van der Waals surface area contributed by atoms with Gasteiger partial charge in [-0.15, -0.1) is 0 Å². The first-order chi connectivity index (χ1) is 8.71. The third kappa shape index (κ3) is 4.77. The van der Waals surface area contributed by atoms with Crippen LogP contribution in [-0.2, 0) is 4.74 Å². The van der Waals surface area contributed by atoms with Crippen LogP contribution in [-0.4, -0.2) is 45.3 Å². The van der Waals surface area contributed by atoms with E-state index in [-0.39, 0.29) is 0 Å². The van der Waals surface area contributed by atoms with Crippen molar-refractivity contribution in [2.45, 2.75) is 19.9 Å². The average Bonchev–Trinajstić information content (AvgIpc) is 2.40. The lowest BCUT2D eigenvalue weighted by Gasteiger charge is -2.26. The fourth-order valence-electron chi connectivity index (χ4n) is 2.02. The highest BCUT2D eigenvalue weighted by Crippen LogP contribution is 2.14. The predicted molar refractivity (Wildman–Crippen MR) is 77.0 cm³/mol. The molecular weight excluding hydrogens is 224 g/mol. The largest absolute Gasteiger partial charge is 0.383 e. The molecule has 0 aliphatic heterocycles. The molecule has 0 heterocycles. The lowest BCUT2D eigenvalue weighted by Crippen LogP contribution is -2.35. The number of rotatable bonds is 8. The molecule has 0 aliphatic rings. The fourth-order valence-corrected chi connectivity index (χ4v) is 2.02. The summed E-state index contributed by atoms with van der Waals surface area (Å²) in [6.07, 6.45) is 0. The number of benzene rings is 1. The molecule has 18 heavy (non-hydrogen) atoms. The Morgan fingerprint density at radius 1 is 1.28 bits per heavy atom. The van der Waals surface area contributed by atoms with Gasteiger partial charge < -0.3 is 10.1 Å². The normalized spacial score (nSPS) is 12.9. The molecule has 102 valence electrons. The molecule has 0 aliphatic carbocycles. The van der Waals surface area contributed by atoms with E-state index in [0.29, 0.717) is 6.04 Å². The first-order valence-electron chi connectivity index (χ1n) is 6.66. The highest BCUT2D eigenvalue weighted by atomic mass is 16.5. The Morgan fingerprint density at radius 2 is 1.94 bits per heavy atom. The van der Waals surface area contributed by atoms with E-state index < -0.39 is 0 Å². The van der Waals surface area contributed by atoms with Crippen LogP contribution in [0.2, 0.25) is 0 Å². The molecule has 1 aromatic rings. The summed E-state index contributed by atoms with van der Waals surface area (Å²) >= 11 is 0. The fraction of sp³-hybridized carbons (Fsp3) is 0.600. The molecule has 3 nitrogen and oxygen atoms in total. The summed E-state index contributed by atoms with van der Waals surface area (Å²) in [5.74, 6) is 0. The van der Waals surface area contributed by atoms with Gasteiger partial charge in [-0.25, -0.2) is 0 Å². The van der Waals surface area contributed by atoms with Gasteiger partial charge in [-0.1, -0.05) is 36.8 Å². The zero-order chi connectivity index (χ0) is 13.4. The summed E-state index contributed by atoms with van der Waals surface area (Å²) < 4.78 is 5.15. The molecule has 0 amide bonds. The first kappa shape index (κ1) is 15.2. The standard InChI is InChI=1S/C15H26N2O/c1-5-17(10-11-18-4)12-15(16-3)14-8-6-13(2)7-9-14/h6-9,15-16H,5,10-12H2,1-4H3. The van der Waals surface area contributed by atoms with Crippen molar-refractivity contribution < 1.29 is 4.74 Å². The van der Waals surface area contributed by atoms with E-state index in [9.17, 15) is 0 Å². The third-order valence-electron chi connectivity index (χ3n) is 3.33. The maximum Gasteiger partial charge on any atom is 0.0589 e. The summed E-state index contributed by atoms with van der Waals surface area (Å²) in [6.45, 7) is 8.15. The van der Waals surface area contributed by atoms with Crippen molar-refractivity contribution in [2.24, 2.45) is 0 Å². The Kier molecular flexibility index (Phi) is 6.94. The molecule has 0 radical (unpaired) electrons. The number of nitrogens with zero attached hydrogens (tertiary/aromatic N) is 1. The van der Waals surface area contributed by atoms with Crippen molar-refractivity contribution >= 4 is 0 Å². The number of ether oxygens (including phenoxy) is 1. The molecule has 0 bridgehead atoms. The molecule has 0 aromatic heterocycles. The van der Waals surface area contributed by atoms with Crippen LogP contribution < -0.4 is 5.32 Å². The summed E-state index contributed by atoms with van der Waals surface area (Å²) in [5, 5.41) is 3.40. The molecule has 0 saturated carbocycles. The van der Waals surface area contributed by atoms with Gasteiger partial charge in [0.15, 0.2) is 0 Å². The van der Waals surface area contributed by atoms with Gasteiger partial charge in [-0.2, -0.15) is 0 Å². The highest BCUT2D eigenvalue weighted by molar-refractivity contribution is 5.24. The van der Waals surface area contributed by atoms with Crippen LogP contribution in [0.15, 0.2) is 24.3 Å². The molecule has 0 spiro atoms. The van der Waals surface area contributed by atoms with Gasteiger partial charge in [0.25, 0.3) is 0 Å². The van der Waals surface area contributed by atoms with Gasteiger partial charge >= 0.3 is 0 Å². The number of methoxy groups -OCH3 is 1. The summed E-state index contributed by atoms with van der Waals surface area (Å²) in [6, 6.07) is 9.14. The number of likely N-dealkylation sites (N-methyl/N-ethyl adjacent to an activating group) is 2. The van der Waals surface area contributed by atoms with E-state index in [2.05, 4.69) is 48.3 Å². The average molecular weight is 250 g/mol. The van der Waals surface area contributed by atoms with Gasteiger partial charge in [-0.3, -0.25) is 4.90 Å².